The second kappa shape index (κ2) is 11.4. The molecule has 2 aromatic rings. The first kappa shape index (κ1) is 24.8. The van der Waals surface area contributed by atoms with Gasteiger partial charge in [-0.1, -0.05) is 49.9 Å². The molecule has 1 heterocycles. The molecular formula is C26H33N3O3S. The number of hydrogen-bond acceptors (Lipinski definition) is 5. The average Bonchev–Trinajstić information content (AvgIpc) is 2.80. The number of benzene rings is 2. The minimum absolute atomic E-state index is 0.0883. The third kappa shape index (κ3) is 6.16. The molecule has 1 N–H and O–H groups in total. The van der Waals surface area contributed by atoms with E-state index in [1.54, 1.807) is 34.9 Å². The molecular weight excluding hydrogens is 434 g/mol. The lowest BCUT2D eigenvalue weighted by Gasteiger charge is -2.33. The number of nitrogens with zero attached hydrogens (tertiary/aromatic N) is 2. The van der Waals surface area contributed by atoms with Gasteiger partial charge in [0.05, 0.1) is 17.9 Å². The number of carbonyl (C=O) groups is 2. The monoisotopic (exact) mass is 467 g/mol. The van der Waals surface area contributed by atoms with E-state index in [-0.39, 0.29) is 17.7 Å². The zero-order valence-electron chi connectivity index (χ0n) is 20.1. The molecule has 1 unspecified atom stereocenters. The van der Waals surface area contributed by atoms with Crippen LogP contribution in [-0.2, 0) is 4.79 Å². The number of aliphatic imine (C=N–C) groups is 1. The Morgan fingerprint density at radius 3 is 2.67 bits per heavy atom. The summed E-state index contributed by atoms with van der Waals surface area (Å²) in [7, 11) is 0. The maximum absolute atomic E-state index is 13.7. The SMILES string of the molecule is CCOc1ccccc1C(=O)NC(C(=O)N1CCCSC1=Nc1cc(C)ccc1C)C(C)C. The van der Waals surface area contributed by atoms with Gasteiger partial charge in [-0.05, 0) is 62.4 Å². The smallest absolute Gasteiger partial charge is 0.255 e. The van der Waals surface area contributed by atoms with Gasteiger partial charge in [0.25, 0.3) is 11.8 Å². The van der Waals surface area contributed by atoms with Crippen LogP contribution in [0, 0.1) is 19.8 Å². The number of amidine groups is 1. The van der Waals surface area contributed by atoms with Crippen molar-refractivity contribution in [2.45, 2.75) is 47.1 Å². The molecule has 1 saturated heterocycles. The summed E-state index contributed by atoms with van der Waals surface area (Å²) in [4.78, 5) is 33.3. The predicted octanol–water partition coefficient (Wildman–Crippen LogP) is 5.11. The quantitative estimate of drug-likeness (QED) is 0.614. The molecule has 1 aliphatic heterocycles. The first-order valence-electron chi connectivity index (χ1n) is 11.4. The fourth-order valence-electron chi connectivity index (χ4n) is 3.64. The van der Waals surface area contributed by atoms with Crippen molar-refractivity contribution in [2.75, 3.05) is 18.9 Å². The van der Waals surface area contributed by atoms with Crippen molar-refractivity contribution in [3.8, 4) is 5.75 Å². The van der Waals surface area contributed by atoms with E-state index in [0.717, 1.165) is 29.0 Å². The second-order valence-electron chi connectivity index (χ2n) is 8.50. The van der Waals surface area contributed by atoms with Crippen LogP contribution < -0.4 is 10.1 Å². The van der Waals surface area contributed by atoms with Gasteiger partial charge in [0.1, 0.15) is 11.8 Å². The Balaban J connectivity index is 1.86. The fourth-order valence-corrected chi connectivity index (χ4v) is 4.59. The summed E-state index contributed by atoms with van der Waals surface area (Å²) >= 11 is 1.58. The van der Waals surface area contributed by atoms with Gasteiger partial charge >= 0.3 is 0 Å². The fraction of sp³-hybridized carbons (Fsp3) is 0.423. The summed E-state index contributed by atoms with van der Waals surface area (Å²) in [5.74, 6) is 0.883. The molecule has 2 amide bonds. The van der Waals surface area contributed by atoms with Gasteiger partial charge in [0.15, 0.2) is 5.17 Å². The molecule has 0 spiro atoms. The number of para-hydroxylation sites is 1. The number of aryl methyl sites for hydroxylation is 2. The Hall–Kier alpha value is -2.80. The van der Waals surface area contributed by atoms with Crippen molar-refractivity contribution >= 4 is 34.4 Å². The minimum Gasteiger partial charge on any atom is -0.493 e. The standard InChI is InChI=1S/C26H33N3O3S/c1-6-32-22-11-8-7-10-20(22)24(30)28-23(17(2)3)25(31)29-14-9-15-33-26(29)27-21-16-18(4)12-13-19(21)5/h7-8,10-13,16-17,23H,6,9,14-15H2,1-5H3,(H,28,30). The van der Waals surface area contributed by atoms with Crippen molar-refractivity contribution in [3.63, 3.8) is 0 Å². The zero-order chi connectivity index (χ0) is 24.0. The number of rotatable bonds is 7. The molecule has 6 nitrogen and oxygen atoms in total. The molecule has 0 bridgehead atoms. The molecule has 33 heavy (non-hydrogen) atoms. The zero-order valence-corrected chi connectivity index (χ0v) is 20.9. The predicted molar refractivity (Wildman–Crippen MR) is 136 cm³/mol. The summed E-state index contributed by atoms with van der Waals surface area (Å²) in [6.45, 7) is 10.9. The summed E-state index contributed by atoms with van der Waals surface area (Å²) in [5, 5.41) is 3.65. The highest BCUT2D eigenvalue weighted by Gasteiger charge is 2.33. The minimum atomic E-state index is -0.672. The van der Waals surface area contributed by atoms with Crippen LogP contribution in [0.4, 0.5) is 5.69 Å². The van der Waals surface area contributed by atoms with Gasteiger partial charge < -0.3 is 10.1 Å². The summed E-state index contributed by atoms with van der Waals surface area (Å²) < 4.78 is 5.60. The van der Waals surface area contributed by atoms with Crippen molar-refractivity contribution < 1.29 is 14.3 Å². The van der Waals surface area contributed by atoms with Crippen molar-refractivity contribution in [2.24, 2.45) is 10.9 Å². The van der Waals surface area contributed by atoms with Crippen LogP contribution in [-0.4, -0.2) is 46.8 Å². The molecule has 0 aliphatic carbocycles. The van der Waals surface area contributed by atoms with Gasteiger partial charge in [0, 0.05) is 12.3 Å². The summed E-state index contributed by atoms with van der Waals surface area (Å²) in [5.41, 5.74) is 3.48. The Labute approximate surface area is 200 Å². The van der Waals surface area contributed by atoms with E-state index in [1.165, 1.54) is 0 Å². The average molecular weight is 468 g/mol. The van der Waals surface area contributed by atoms with Gasteiger partial charge in [-0.2, -0.15) is 0 Å². The lowest BCUT2D eigenvalue weighted by molar-refractivity contribution is -0.130. The number of nitrogens with one attached hydrogen (secondary N) is 1. The highest BCUT2D eigenvalue weighted by molar-refractivity contribution is 8.13. The first-order valence-corrected chi connectivity index (χ1v) is 12.4. The molecule has 0 saturated carbocycles. The van der Waals surface area contributed by atoms with E-state index in [9.17, 15) is 9.59 Å². The van der Waals surface area contributed by atoms with Gasteiger partial charge in [-0.3, -0.25) is 14.5 Å². The molecule has 2 aromatic carbocycles. The van der Waals surface area contributed by atoms with E-state index in [1.807, 2.05) is 52.8 Å². The van der Waals surface area contributed by atoms with Crippen LogP contribution >= 0.6 is 11.8 Å². The van der Waals surface area contributed by atoms with Crippen molar-refractivity contribution in [3.05, 3.63) is 59.2 Å². The topological polar surface area (TPSA) is 71.0 Å². The molecule has 0 radical (unpaired) electrons. The van der Waals surface area contributed by atoms with Gasteiger partial charge in [-0.25, -0.2) is 4.99 Å². The highest BCUT2D eigenvalue weighted by Crippen LogP contribution is 2.27. The van der Waals surface area contributed by atoms with E-state index in [0.29, 0.717) is 29.6 Å². The van der Waals surface area contributed by atoms with Crippen LogP contribution in [0.2, 0.25) is 0 Å². The lowest BCUT2D eigenvalue weighted by atomic mass is 10.0. The molecule has 1 fully saturated rings. The number of thioether (sulfide) groups is 1. The van der Waals surface area contributed by atoms with Crippen LogP contribution in [0.1, 0.15) is 48.7 Å². The molecule has 1 aliphatic rings. The van der Waals surface area contributed by atoms with E-state index in [2.05, 4.69) is 11.4 Å². The van der Waals surface area contributed by atoms with Crippen molar-refractivity contribution in [1.82, 2.24) is 10.2 Å². The van der Waals surface area contributed by atoms with E-state index >= 15 is 0 Å². The van der Waals surface area contributed by atoms with Gasteiger partial charge in [-0.15, -0.1) is 0 Å². The van der Waals surface area contributed by atoms with Crippen LogP contribution in [0.15, 0.2) is 47.5 Å². The van der Waals surface area contributed by atoms with Crippen LogP contribution in [0.3, 0.4) is 0 Å². The Bertz CT molecular complexity index is 1040. The summed E-state index contributed by atoms with van der Waals surface area (Å²) in [6, 6.07) is 12.6. The molecule has 1 atom stereocenters. The maximum atomic E-state index is 13.7. The maximum Gasteiger partial charge on any atom is 0.255 e. The highest BCUT2D eigenvalue weighted by atomic mass is 32.2. The van der Waals surface area contributed by atoms with E-state index in [4.69, 9.17) is 9.73 Å². The van der Waals surface area contributed by atoms with Crippen LogP contribution in [0.5, 0.6) is 5.75 Å². The third-order valence-electron chi connectivity index (χ3n) is 5.49. The third-order valence-corrected chi connectivity index (χ3v) is 6.55. The van der Waals surface area contributed by atoms with Crippen LogP contribution in [0.25, 0.3) is 0 Å². The molecule has 0 aromatic heterocycles. The number of ether oxygens (including phenoxy) is 1. The lowest BCUT2D eigenvalue weighted by Crippen LogP contribution is -2.53. The summed E-state index contributed by atoms with van der Waals surface area (Å²) in [6.07, 6.45) is 0.883. The Morgan fingerprint density at radius 1 is 1.18 bits per heavy atom. The van der Waals surface area contributed by atoms with Gasteiger partial charge in [0.2, 0.25) is 0 Å². The molecule has 3 rings (SSSR count). The molecule has 176 valence electrons. The number of carbonyl (C=O) groups excluding carboxylic acids is 2. The van der Waals surface area contributed by atoms with Crippen molar-refractivity contribution in [1.29, 1.82) is 0 Å². The Morgan fingerprint density at radius 2 is 1.94 bits per heavy atom. The first-order chi connectivity index (χ1) is 15.8. The largest absolute Gasteiger partial charge is 0.493 e. The van der Waals surface area contributed by atoms with E-state index < -0.39 is 6.04 Å². The number of hydrogen-bond donors (Lipinski definition) is 1. The normalized spacial score (nSPS) is 16.1. The molecule has 7 heteroatoms. The number of amides is 2. The Kier molecular flexibility index (Phi) is 8.55. The second-order valence-corrected chi connectivity index (χ2v) is 9.56.